The van der Waals surface area contributed by atoms with Gasteiger partial charge in [-0.05, 0) is 43.4 Å². The van der Waals surface area contributed by atoms with Crippen molar-refractivity contribution in [3.8, 4) is 0 Å². The molecule has 89 heavy (non-hydrogen) atoms. The van der Waals surface area contributed by atoms with Gasteiger partial charge < -0.3 is 33.8 Å². The number of aliphatic hydroxyl groups excluding tert-OH is 1. The van der Waals surface area contributed by atoms with E-state index in [9.17, 15) is 43.2 Å². The third-order valence-electron chi connectivity index (χ3n) is 16.9. The quantitative estimate of drug-likeness (QED) is 0.0222. The molecule has 0 rings (SSSR count). The van der Waals surface area contributed by atoms with Gasteiger partial charge in [-0.1, -0.05) is 299 Å². The zero-order chi connectivity index (χ0) is 65.9. The van der Waals surface area contributed by atoms with Gasteiger partial charge in [-0.3, -0.25) is 37.3 Å². The van der Waals surface area contributed by atoms with Crippen molar-refractivity contribution in [2.45, 2.75) is 369 Å². The van der Waals surface area contributed by atoms with Crippen LogP contribution in [0.5, 0.6) is 0 Å². The van der Waals surface area contributed by atoms with E-state index in [1.807, 2.05) is 0 Å². The maximum atomic E-state index is 13.0. The van der Waals surface area contributed by atoms with Crippen LogP contribution < -0.4 is 0 Å². The second-order valence-electron chi connectivity index (χ2n) is 26.2. The van der Waals surface area contributed by atoms with Gasteiger partial charge in [0.05, 0.1) is 26.4 Å². The second-order valence-corrected chi connectivity index (χ2v) is 29.1. The third-order valence-corrected chi connectivity index (χ3v) is 18.8. The maximum absolute atomic E-state index is 13.0. The lowest BCUT2D eigenvalue weighted by atomic mass is 10.00. The Balaban J connectivity index is 5.24. The van der Waals surface area contributed by atoms with Crippen molar-refractivity contribution in [2.75, 3.05) is 39.6 Å². The number of hydrogen-bond acceptors (Lipinski definition) is 15. The molecule has 4 unspecified atom stereocenters. The van der Waals surface area contributed by atoms with Crippen LogP contribution in [-0.2, 0) is 65.4 Å². The standard InChI is InChI=1S/C70H136O17P2/c1-8-11-12-13-14-15-16-22-25-28-37-44-51-67(72)80-57-65(86-69(74)53-46-39-29-26-23-20-18-17-19-21-24-27-34-41-48-61(4)5)59-84-88(76,77)82-55-64(71)56-83-89(78,79)85-60-66(87-70(75)54-47-40-33-31-36-43-50-63(7)10-3)58-81-68(73)52-45-38-32-30-35-42-49-62(6)9-2/h61-66,71H,8-60H2,1-7H3,(H,76,77)(H,78,79)/t62?,63?,64-,65-,66-/m1/s1. The molecule has 0 bridgehead atoms. The fourth-order valence-electron chi connectivity index (χ4n) is 10.5. The number of unbranched alkanes of at least 4 members (excludes halogenated alkanes) is 34. The summed E-state index contributed by atoms with van der Waals surface area (Å²) in [6.45, 7) is 11.8. The average molecular weight is 1310 g/mol. The molecule has 0 aromatic rings. The Labute approximate surface area is 543 Å². The van der Waals surface area contributed by atoms with Crippen LogP contribution in [0.15, 0.2) is 0 Å². The highest BCUT2D eigenvalue weighted by atomic mass is 31.2. The van der Waals surface area contributed by atoms with E-state index in [0.717, 1.165) is 114 Å². The van der Waals surface area contributed by atoms with Crippen LogP contribution in [0.2, 0.25) is 0 Å². The van der Waals surface area contributed by atoms with Crippen LogP contribution in [0, 0.1) is 17.8 Å². The van der Waals surface area contributed by atoms with Gasteiger partial charge in [0.1, 0.15) is 19.3 Å². The summed E-state index contributed by atoms with van der Waals surface area (Å²) < 4.78 is 68.2. The molecule has 0 aliphatic carbocycles. The van der Waals surface area contributed by atoms with E-state index in [2.05, 4.69) is 48.5 Å². The highest BCUT2D eigenvalue weighted by Crippen LogP contribution is 2.45. The Hall–Kier alpha value is -1.94. The second kappa shape index (κ2) is 61.0. The van der Waals surface area contributed by atoms with E-state index in [4.69, 9.17) is 37.0 Å². The molecule has 0 saturated heterocycles. The number of aliphatic hydroxyl groups is 1. The SMILES string of the molecule is CCCCCCCCCCCCCCC(=O)OC[C@H](COP(=O)(O)OC[C@@H](O)COP(=O)(O)OC[C@@H](COC(=O)CCCCCCCCC(C)CC)OC(=O)CCCCCCCCC(C)CC)OC(=O)CCCCCCCCCCCCCCCCC(C)C. The summed E-state index contributed by atoms with van der Waals surface area (Å²) in [7, 11) is -9.90. The lowest BCUT2D eigenvalue weighted by Gasteiger charge is -2.21. The minimum atomic E-state index is -4.95. The Morgan fingerprint density at radius 2 is 0.573 bits per heavy atom. The highest BCUT2D eigenvalue weighted by molar-refractivity contribution is 7.47. The Kier molecular flexibility index (Phi) is 59.6. The number of esters is 4. The number of hydrogen-bond donors (Lipinski definition) is 3. The molecule has 0 aromatic heterocycles. The van der Waals surface area contributed by atoms with Crippen molar-refractivity contribution < 1.29 is 80.2 Å². The number of phosphoric ester groups is 2. The summed E-state index contributed by atoms with van der Waals surface area (Å²) in [6, 6.07) is 0. The number of phosphoric acid groups is 2. The van der Waals surface area contributed by atoms with Gasteiger partial charge in [0, 0.05) is 25.7 Å². The van der Waals surface area contributed by atoms with Crippen LogP contribution in [0.4, 0.5) is 0 Å². The molecular weight excluding hydrogens is 1170 g/mol. The molecule has 0 heterocycles. The van der Waals surface area contributed by atoms with E-state index >= 15 is 0 Å². The smallest absolute Gasteiger partial charge is 0.462 e. The molecule has 0 radical (unpaired) electrons. The Morgan fingerprint density at radius 1 is 0.326 bits per heavy atom. The molecule has 0 aliphatic rings. The molecule has 0 aliphatic heterocycles. The molecule has 17 nitrogen and oxygen atoms in total. The lowest BCUT2D eigenvalue weighted by molar-refractivity contribution is -0.161. The molecule has 19 heteroatoms. The first-order valence-corrected chi connectivity index (χ1v) is 39.4. The normalized spacial score (nSPS) is 14.8. The van der Waals surface area contributed by atoms with Gasteiger partial charge >= 0.3 is 39.5 Å². The van der Waals surface area contributed by atoms with Crippen LogP contribution in [-0.4, -0.2) is 96.7 Å². The van der Waals surface area contributed by atoms with Gasteiger partial charge in [-0.25, -0.2) is 9.13 Å². The predicted octanol–water partition coefficient (Wildman–Crippen LogP) is 19.8. The summed E-state index contributed by atoms with van der Waals surface area (Å²) >= 11 is 0. The van der Waals surface area contributed by atoms with Crippen LogP contribution >= 0.6 is 15.6 Å². The molecule has 0 aromatic carbocycles. The minimum Gasteiger partial charge on any atom is -0.462 e. The molecular formula is C70H136O17P2. The van der Waals surface area contributed by atoms with Crippen molar-refractivity contribution in [2.24, 2.45) is 17.8 Å². The minimum absolute atomic E-state index is 0.102. The molecule has 0 saturated carbocycles. The van der Waals surface area contributed by atoms with E-state index in [1.165, 1.54) is 154 Å². The van der Waals surface area contributed by atoms with E-state index < -0.39 is 97.5 Å². The largest absolute Gasteiger partial charge is 0.472 e. The van der Waals surface area contributed by atoms with Crippen molar-refractivity contribution in [1.29, 1.82) is 0 Å². The van der Waals surface area contributed by atoms with E-state index in [0.29, 0.717) is 25.7 Å². The summed E-state index contributed by atoms with van der Waals surface area (Å²) in [5, 5.41) is 10.6. The van der Waals surface area contributed by atoms with Crippen LogP contribution in [0.1, 0.15) is 350 Å². The topological polar surface area (TPSA) is 237 Å². The molecule has 7 atom stereocenters. The van der Waals surface area contributed by atoms with Gasteiger partial charge in [0.25, 0.3) is 0 Å². The first-order valence-electron chi connectivity index (χ1n) is 36.4. The maximum Gasteiger partial charge on any atom is 0.472 e. The fourth-order valence-corrected chi connectivity index (χ4v) is 12.1. The summed E-state index contributed by atoms with van der Waals surface area (Å²) in [4.78, 5) is 72.5. The zero-order valence-electron chi connectivity index (χ0n) is 57.9. The highest BCUT2D eigenvalue weighted by Gasteiger charge is 2.30. The molecule has 0 fully saturated rings. The molecule has 3 N–H and O–H groups in total. The van der Waals surface area contributed by atoms with Crippen LogP contribution in [0.3, 0.4) is 0 Å². The Morgan fingerprint density at radius 3 is 0.854 bits per heavy atom. The first-order chi connectivity index (χ1) is 42.8. The fraction of sp³-hybridized carbons (Fsp3) is 0.943. The number of carbonyl (C=O) groups excluding carboxylic acids is 4. The average Bonchev–Trinajstić information content (AvgIpc) is 3.56. The van der Waals surface area contributed by atoms with E-state index in [1.54, 1.807) is 0 Å². The number of rotatable bonds is 68. The van der Waals surface area contributed by atoms with Crippen LogP contribution in [0.25, 0.3) is 0 Å². The summed E-state index contributed by atoms with van der Waals surface area (Å²) in [6.07, 6.45) is 44.5. The van der Waals surface area contributed by atoms with Gasteiger partial charge in [-0.2, -0.15) is 0 Å². The first kappa shape index (κ1) is 87.1. The molecule has 0 spiro atoms. The van der Waals surface area contributed by atoms with Crippen molar-refractivity contribution in [3.05, 3.63) is 0 Å². The zero-order valence-corrected chi connectivity index (χ0v) is 59.7. The van der Waals surface area contributed by atoms with Crippen molar-refractivity contribution >= 4 is 39.5 Å². The predicted molar refractivity (Wildman–Crippen MR) is 358 cm³/mol. The third kappa shape index (κ3) is 62.0. The van der Waals surface area contributed by atoms with Crippen molar-refractivity contribution in [1.82, 2.24) is 0 Å². The van der Waals surface area contributed by atoms with Crippen molar-refractivity contribution in [3.63, 3.8) is 0 Å². The Bertz CT molecular complexity index is 1750. The number of ether oxygens (including phenoxy) is 4. The number of carbonyl (C=O) groups is 4. The summed E-state index contributed by atoms with van der Waals surface area (Å²) in [5.41, 5.74) is 0. The van der Waals surface area contributed by atoms with Gasteiger partial charge in [0.15, 0.2) is 12.2 Å². The van der Waals surface area contributed by atoms with Gasteiger partial charge in [-0.15, -0.1) is 0 Å². The summed E-state index contributed by atoms with van der Waals surface area (Å²) in [5.74, 6) is 0.117. The molecule has 528 valence electrons. The lowest BCUT2D eigenvalue weighted by Crippen LogP contribution is -2.30. The van der Waals surface area contributed by atoms with Gasteiger partial charge in [0.2, 0.25) is 0 Å². The monoisotopic (exact) mass is 1310 g/mol. The molecule has 0 amide bonds. The van der Waals surface area contributed by atoms with E-state index in [-0.39, 0.29) is 25.7 Å².